The first-order valence-corrected chi connectivity index (χ1v) is 2.89. The monoisotopic (exact) mass is 180 g/mol. The summed E-state index contributed by atoms with van der Waals surface area (Å²) in [4.78, 5) is 26.5. The van der Waals surface area contributed by atoms with E-state index in [0.717, 1.165) is 0 Å². The third kappa shape index (κ3) is 232. The van der Waals surface area contributed by atoms with E-state index in [9.17, 15) is 4.79 Å². The highest BCUT2D eigenvalue weighted by Gasteiger charge is 1.81. The molecule has 0 unspecified atom stereocenters. The summed E-state index contributed by atoms with van der Waals surface area (Å²) in [7, 11) is 0. The van der Waals surface area contributed by atoms with Gasteiger partial charge in [-0.3, -0.25) is 14.4 Å². The molecule has 0 amide bonds. The van der Waals surface area contributed by atoms with E-state index in [2.05, 4.69) is 4.74 Å². The summed E-state index contributed by atoms with van der Waals surface area (Å²) in [5.74, 6) is -0.211. The molecule has 2 N–H and O–H groups in total. The maximum Gasteiger partial charge on any atom is 0.302 e. The summed E-state index contributed by atoms with van der Waals surface area (Å²) in [5, 5.41) is 13.8. The Bertz CT molecular complexity index is 105. The van der Waals surface area contributed by atoms with Crippen molar-refractivity contribution in [3.8, 4) is 0 Å². The van der Waals surface area contributed by atoms with Gasteiger partial charge in [-0.05, 0) is 6.92 Å². The summed E-state index contributed by atoms with van der Waals surface area (Å²) < 4.78 is 4.40. The van der Waals surface area contributed by atoms with Gasteiger partial charge in [-0.1, -0.05) is 0 Å². The van der Waals surface area contributed by atoms with Gasteiger partial charge in [0.15, 0.2) is 0 Å². The zero-order valence-corrected chi connectivity index (χ0v) is 6.89. The maximum absolute atomic E-state index is 9.82. The molecule has 0 aromatic heterocycles. The number of ether oxygens (including phenoxy) is 1. The second-order valence-electron chi connectivity index (χ2n) is 1.14. The Balaban J connectivity index is -0.000000115. The Morgan fingerprint density at radius 1 is 1.33 bits per heavy atom. The number of esters is 1. The molecule has 0 atom stereocenters. The third-order valence-corrected chi connectivity index (χ3v) is 0.348. The van der Waals surface area contributed by atoms with Crippen molar-refractivity contribution in [2.24, 2.45) is 0 Å². The second kappa shape index (κ2) is 22.7. The Hall–Kier alpha value is -1.59. The number of carbonyl (C=O) groups excluding carboxylic acids is 1. The predicted molar refractivity (Wildman–Crippen MR) is 39.7 cm³/mol. The van der Waals surface area contributed by atoms with Gasteiger partial charge in [0.1, 0.15) is 0 Å². The van der Waals surface area contributed by atoms with E-state index < -0.39 is 0 Å². The molecule has 12 heavy (non-hydrogen) atoms. The van der Waals surface area contributed by atoms with Gasteiger partial charge in [0, 0.05) is 6.92 Å². The molecule has 0 bridgehead atoms. The zero-order valence-electron chi connectivity index (χ0n) is 6.89. The van der Waals surface area contributed by atoms with Crippen molar-refractivity contribution in [2.45, 2.75) is 13.8 Å². The lowest BCUT2D eigenvalue weighted by Crippen LogP contribution is -1.95. The van der Waals surface area contributed by atoms with Crippen molar-refractivity contribution >= 4 is 18.9 Å². The standard InChI is InChI=1S/C4H8O2.2CH2O2/c1-3-6-4(2)5;2*2-1-3/h3H2,1-2H3;2*1H,(H,2,3). The van der Waals surface area contributed by atoms with E-state index in [1.807, 2.05) is 0 Å². The lowest BCUT2D eigenvalue weighted by molar-refractivity contribution is -0.140. The molecule has 6 nitrogen and oxygen atoms in total. The van der Waals surface area contributed by atoms with Crippen LogP contribution >= 0.6 is 0 Å². The molecule has 72 valence electrons. The molecule has 0 aliphatic rings. The number of hydrogen-bond donors (Lipinski definition) is 2. The fourth-order valence-corrected chi connectivity index (χ4v) is 0.203. The maximum atomic E-state index is 9.82. The average molecular weight is 180 g/mol. The van der Waals surface area contributed by atoms with Crippen molar-refractivity contribution in [2.75, 3.05) is 6.61 Å². The van der Waals surface area contributed by atoms with Gasteiger partial charge in [-0.25, -0.2) is 0 Å². The Labute approximate surface area is 69.8 Å². The molecule has 0 saturated carbocycles. The summed E-state index contributed by atoms with van der Waals surface area (Å²) in [5.41, 5.74) is 0. The van der Waals surface area contributed by atoms with Crippen molar-refractivity contribution in [3.63, 3.8) is 0 Å². The van der Waals surface area contributed by atoms with Crippen LogP contribution in [0.15, 0.2) is 0 Å². The van der Waals surface area contributed by atoms with E-state index >= 15 is 0 Å². The number of rotatable bonds is 1. The largest absolute Gasteiger partial charge is 0.483 e. The minimum Gasteiger partial charge on any atom is -0.483 e. The normalized spacial score (nSPS) is 5.83. The van der Waals surface area contributed by atoms with Crippen LogP contribution in [0.2, 0.25) is 0 Å². The van der Waals surface area contributed by atoms with Gasteiger partial charge in [0.2, 0.25) is 0 Å². The van der Waals surface area contributed by atoms with Gasteiger partial charge >= 0.3 is 5.97 Å². The van der Waals surface area contributed by atoms with E-state index in [1.165, 1.54) is 6.92 Å². The molecule has 0 aromatic rings. The van der Waals surface area contributed by atoms with Crippen molar-refractivity contribution in [1.82, 2.24) is 0 Å². The van der Waals surface area contributed by atoms with Gasteiger partial charge in [-0.15, -0.1) is 0 Å². The molecular formula is C6H12O6. The van der Waals surface area contributed by atoms with E-state index in [4.69, 9.17) is 19.8 Å². The second-order valence-corrected chi connectivity index (χ2v) is 1.14. The van der Waals surface area contributed by atoms with Crippen LogP contribution in [0.3, 0.4) is 0 Å². The summed E-state index contributed by atoms with van der Waals surface area (Å²) in [6, 6.07) is 0. The van der Waals surface area contributed by atoms with Gasteiger partial charge < -0.3 is 14.9 Å². The first-order valence-electron chi connectivity index (χ1n) is 2.89. The number of carboxylic acid groups (broad SMARTS) is 2. The van der Waals surface area contributed by atoms with Crippen LogP contribution in [0.5, 0.6) is 0 Å². The highest BCUT2D eigenvalue weighted by atomic mass is 16.5. The molecule has 6 heteroatoms. The smallest absolute Gasteiger partial charge is 0.302 e. The number of hydrogen-bond acceptors (Lipinski definition) is 4. The zero-order chi connectivity index (χ0) is 10.4. The van der Waals surface area contributed by atoms with Crippen LogP contribution in [0, 0.1) is 0 Å². The lowest BCUT2D eigenvalue weighted by Gasteiger charge is -1.89. The predicted octanol–water partition coefficient (Wildman–Crippen LogP) is -0.0290. The average Bonchev–Trinajstić information content (AvgIpc) is 1.89. The molecule has 0 fully saturated rings. The van der Waals surface area contributed by atoms with E-state index in [-0.39, 0.29) is 18.9 Å². The van der Waals surface area contributed by atoms with E-state index in [0.29, 0.717) is 6.61 Å². The van der Waals surface area contributed by atoms with Gasteiger partial charge in [0.25, 0.3) is 12.9 Å². The Morgan fingerprint density at radius 3 is 1.58 bits per heavy atom. The first-order chi connectivity index (χ1) is 5.60. The summed E-state index contributed by atoms with van der Waals surface area (Å²) in [6.45, 7) is 3.15. The Morgan fingerprint density at radius 2 is 1.58 bits per heavy atom. The van der Waals surface area contributed by atoms with Crippen LogP contribution in [0.25, 0.3) is 0 Å². The molecule has 0 aromatic carbocycles. The van der Waals surface area contributed by atoms with E-state index in [1.54, 1.807) is 6.92 Å². The lowest BCUT2D eigenvalue weighted by atomic mass is 10.8. The SMILES string of the molecule is CCOC(C)=O.O=CO.O=CO. The summed E-state index contributed by atoms with van der Waals surface area (Å²) >= 11 is 0. The van der Waals surface area contributed by atoms with Crippen LogP contribution in [0.1, 0.15) is 13.8 Å². The Kier molecular flexibility index (Phi) is 31.8. The van der Waals surface area contributed by atoms with Crippen molar-refractivity contribution in [1.29, 1.82) is 0 Å². The highest BCUT2D eigenvalue weighted by Crippen LogP contribution is 1.69. The fraction of sp³-hybridized carbons (Fsp3) is 0.500. The molecule has 0 radical (unpaired) electrons. The van der Waals surface area contributed by atoms with Crippen molar-refractivity contribution in [3.05, 3.63) is 0 Å². The third-order valence-electron chi connectivity index (χ3n) is 0.348. The van der Waals surface area contributed by atoms with Crippen LogP contribution in [-0.4, -0.2) is 35.7 Å². The molecular weight excluding hydrogens is 168 g/mol. The van der Waals surface area contributed by atoms with Gasteiger partial charge in [-0.2, -0.15) is 0 Å². The molecule has 0 aliphatic heterocycles. The van der Waals surface area contributed by atoms with Gasteiger partial charge in [0.05, 0.1) is 6.61 Å². The molecule has 0 spiro atoms. The highest BCUT2D eigenvalue weighted by molar-refractivity contribution is 5.65. The van der Waals surface area contributed by atoms with Crippen LogP contribution in [0.4, 0.5) is 0 Å². The quantitative estimate of drug-likeness (QED) is 0.434. The number of carbonyl (C=O) groups is 3. The summed E-state index contributed by atoms with van der Waals surface area (Å²) in [6.07, 6.45) is 0. The van der Waals surface area contributed by atoms with Crippen molar-refractivity contribution < 1.29 is 29.3 Å². The molecule has 0 aliphatic carbocycles. The minimum absolute atomic E-state index is 0.211. The fourth-order valence-electron chi connectivity index (χ4n) is 0.203. The molecule has 0 saturated heterocycles. The molecule has 0 rings (SSSR count). The first kappa shape index (κ1) is 16.8. The topological polar surface area (TPSA) is 101 Å². The van der Waals surface area contributed by atoms with Crippen LogP contribution in [-0.2, 0) is 19.1 Å². The molecule has 0 heterocycles. The minimum atomic E-state index is -0.250. The van der Waals surface area contributed by atoms with Crippen LogP contribution < -0.4 is 0 Å².